The van der Waals surface area contributed by atoms with Crippen LogP contribution in [-0.2, 0) is 11.3 Å². The van der Waals surface area contributed by atoms with E-state index < -0.39 is 0 Å². The molecule has 1 aliphatic heterocycles. The maximum atomic E-state index is 13.0. The second kappa shape index (κ2) is 10.8. The van der Waals surface area contributed by atoms with Crippen LogP contribution in [0.1, 0.15) is 37.3 Å². The molecule has 1 heterocycles. The minimum Gasteiger partial charge on any atom is -0.497 e. The molecule has 0 aromatic heterocycles. The predicted molar refractivity (Wildman–Crippen MR) is 122 cm³/mol. The minimum atomic E-state index is -0.0989. The molecule has 0 aliphatic carbocycles. The van der Waals surface area contributed by atoms with Crippen molar-refractivity contribution in [2.75, 3.05) is 14.2 Å². The van der Waals surface area contributed by atoms with Crippen LogP contribution in [0, 0.1) is 0 Å². The second-order valence-corrected chi connectivity index (χ2v) is 8.09. The van der Waals surface area contributed by atoms with Crippen LogP contribution >= 0.6 is 11.8 Å². The van der Waals surface area contributed by atoms with Gasteiger partial charge < -0.3 is 9.47 Å². The zero-order valence-electron chi connectivity index (χ0n) is 17.6. The van der Waals surface area contributed by atoms with Crippen LogP contribution in [0.15, 0.2) is 58.7 Å². The number of ether oxygens (including phenoxy) is 2. The van der Waals surface area contributed by atoms with Gasteiger partial charge in [0, 0.05) is 0 Å². The van der Waals surface area contributed by atoms with Crippen LogP contribution in [0.4, 0.5) is 0 Å². The lowest BCUT2D eigenvalue weighted by Crippen LogP contribution is -2.31. The first kappa shape index (κ1) is 21.9. The first-order valence-corrected chi connectivity index (χ1v) is 10.9. The van der Waals surface area contributed by atoms with Crippen molar-refractivity contribution in [1.82, 2.24) is 4.90 Å². The first-order chi connectivity index (χ1) is 14.6. The van der Waals surface area contributed by atoms with Crippen molar-refractivity contribution in [1.29, 1.82) is 0 Å². The Bertz CT molecular complexity index is 895. The van der Waals surface area contributed by atoms with Crippen LogP contribution in [0.3, 0.4) is 0 Å². The topological polar surface area (TPSA) is 63.5 Å². The highest BCUT2D eigenvalue weighted by Gasteiger charge is 2.37. The molecule has 0 spiro atoms. The molecular weight excluding hydrogens is 398 g/mol. The van der Waals surface area contributed by atoms with Gasteiger partial charge >= 0.3 is 0 Å². The number of benzene rings is 2. The van der Waals surface area contributed by atoms with E-state index in [1.54, 1.807) is 25.3 Å². The Morgan fingerprint density at radius 2 is 1.67 bits per heavy atom. The maximum absolute atomic E-state index is 13.0. The van der Waals surface area contributed by atoms with Gasteiger partial charge in [-0.1, -0.05) is 43.7 Å². The maximum Gasteiger partial charge on any atom is 0.242 e. The molecule has 1 fully saturated rings. The third-order valence-electron chi connectivity index (χ3n) is 4.81. The zero-order valence-corrected chi connectivity index (χ0v) is 18.4. The largest absolute Gasteiger partial charge is 0.497 e. The monoisotopic (exact) mass is 425 g/mol. The number of nitrogens with zero attached hydrogens (tertiary/aromatic N) is 3. The number of methoxy groups -OCH3 is 2. The van der Waals surface area contributed by atoms with E-state index in [2.05, 4.69) is 17.1 Å². The van der Waals surface area contributed by atoms with E-state index in [0.29, 0.717) is 11.7 Å². The number of unbranched alkanes of at least 4 members (excludes halogenated alkanes) is 1. The Morgan fingerprint density at radius 1 is 1.03 bits per heavy atom. The molecule has 1 atom stereocenters. The highest BCUT2D eigenvalue weighted by Crippen LogP contribution is 2.32. The van der Waals surface area contributed by atoms with Crippen LogP contribution in [-0.4, -0.2) is 41.7 Å². The average molecular weight is 426 g/mol. The summed E-state index contributed by atoms with van der Waals surface area (Å²) in [6, 6.07) is 15.3. The summed E-state index contributed by atoms with van der Waals surface area (Å²) in [6.07, 6.45) is 4.61. The van der Waals surface area contributed by atoms with E-state index in [9.17, 15) is 4.79 Å². The molecule has 2 aromatic rings. The summed E-state index contributed by atoms with van der Waals surface area (Å²) >= 11 is 1.50. The Hall–Kier alpha value is -2.80. The lowest BCUT2D eigenvalue weighted by atomic mass is 10.1. The molecule has 1 unspecified atom stereocenters. The summed E-state index contributed by atoms with van der Waals surface area (Å²) in [5, 5.41) is 9.16. The van der Waals surface area contributed by atoms with Gasteiger partial charge in [0.1, 0.15) is 11.5 Å². The highest BCUT2D eigenvalue weighted by molar-refractivity contribution is 8.15. The van der Waals surface area contributed by atoms with Crippen LogP contribution < -0.4 is 9.47 Å². The molecule has 0 radical (unpaired) electrons. The van der Waals surface area contributed by atoms with Crippen molar-refractivity contribution in [3.05, 3.63) is 59.7 Å². The quantitative estimate of drug-likeness (QED) is 0.430. The summed E-state index contributed by atoms with van der Waals surface area (Å²) < 4.78 is 10.4. The molecule has 158 valence electrons. The number of hydrogen-bond acceptors (Lipinski definition) is 6. The van der Waals surface area contributed by atoms with Crippen LogP contribution in [0.2, 0.25) is 0 Å². The molecule has 2 aromatic carbocycles. The number of hydrogen-bond donors (Lipinski definition) is 0. The van der Waals surface area contributed by atoms with Gasteiger partial charge in [-0.05, 0) is 53.9 Å². The van der Waals surface area contributed by atoms with E-state index in [-0.39, 0.29) is 11.2 Å². The number of amidine groups is 1. The summed E-state index contributed by atoms with van der Waals surface area (Å²) in [6.45, 7) is 2.60. The van der Waals surface area contributed by atoms with Gasteiger partial charge in [-0.15, -0.1) is 5.10 Å². The van der Waals surface area contributed by atoms with Crippen LogP contribution in [0.25, 0.3) is 0 Å². The zero-order chi connectivity index (χ0) is 21.3. The fourth-order valence-electron chi connectivity index (χ4n) is 3.05. The number of thioether (sulfide) groups is 1. The van der Waals surface area contributed by atoms with Gasteiger partial charge in [0.15, 0.2) is 5.17 Å². The Labute approximate surface area is 182 Å². The Balaban J connectivity index is 1.77. The van der Waals surface area contributed by atoms with Crippen molar-refractivity contribution in [2.45, 2.75) is 38.0 Å². The summed E-state index contributed by atoms with van der Waals surface area (Å²) in [4.78, 5) is 14.7. The van der Waals surface area contributed by atoms with Crippen molar-refractivity contribution in [2.24, 2.45) is 10.2 Å². The normalized spacial score (nSPS) is 17.8. The average Bonchev–Trinajstić information content (AvgIpc) is 3.07. The molecule has 7 heteroatoms. The van der Waals surface area contributed by atoms with E-state index in [0.717, 1.165) is 41.9 Å². The Kier molecular flexibility index (Phi) is 7.90. The standard InChI is InChI=1S/C23H27N3O3S/c1-4-5-6-21-22(27)26(16-18-9-13-20(29-3)14-10-18)23(30-21)25-24-15-17-7-11-19(28-2)12-8-17/h7-15,21H,4-6,16H2,1-3H3/b24-15+,25-23-. The molecule has 30 heavy (non-hydrogen) atoms. The van der Waals surface area contributed by atoms with Crippen molar-refractivity contribution in [3.63, 3.8) is 0 Å². The SMILES string of the molecule is CCCCC1S/C(=N\N=C\c2ccc(OC)cc2)N(Cc2ccc(OC)cc2)C1=O. The lowest BCUT2D eigenvalue weighted by Gasteiger charge is -2.16. The molecule has 0 saturated carbocycles. The van der Waals surface area contributed by atoms with Gasteiger partial charge in [0.2, 0.25) is 5.91 Å². The minimum absolute atomic E-state index is 0.0989. The van der Waals surface area contributed by atoms with E-state index in [4.69, 9.17) is 9.47 Å². The van der Waals surface area contributed by atoms with E-state index in [1.165, 1.54) is 11.8 Å². The van der Waals surface area contributed by atoms with Crippen molar-refractivity contribution < 1.29 is 14.3 Å². The lowest BCUT2D eigenvalue weighted by molar-refractivity contribution is -0.126. The van der Waals surface area contributed by atoms with E-state index in [1.807, 2.05) is 48.5 Å². The van der Waals surface area contributed by atoms with Gasteiger partial charge in [-0.2, -0.15) is 5.10 Å². The van der Waals surface area contributed by atoms with Crippen molar-refractivity contribution in [3.8, 4) is 11.5 Å². The number of rotatable bonds is 9. The first-order valence-electron chi connectivity index (χ1n) is 10.0. The molecule has 6 nitrogen and oxygen atoms in total. The fourth-order valence-corrected chi connectivity index (χ4v) is 4.20. The Morgan fingerprint density at radius 3 is 2.27 bits per heavy atom. The smallest absolute Gasteiger partial charge is 0.242 e. The molecule has 1 amide bonds. The summed E-state index contributed by atoms with van der Waals surface area (Å²) in [5.74, 6) is 1.68. The molecule has 3 rings (SSSR count). The predicted octanol–water partition coefficient (Wildman–Crippen LogP) is 4.73. The third kappa shape index (κ3) is 5.63. The summed E-state index contributed by atoms with van der Waals surface area (Å²) in [5.41, 5.74) is 1.94. The molecule has 0 N–H and O–H groups in total. The fraction of sp³-hybridized carbons (Fsp3) is 0.348. The van der Waals surface area contributed by atoms with Gasteiger partial charge in [0.25, 0.3) is 0 Å². The van der Waals surface area contributed by atoms with Crippen molar-refractivity contribution >= 4 is 29.1 Å². The van der Waals surface area contributed by atoms with Gasteiger partial charge in [-0.25, -0.2) is 0 Å². The molecular formula is C23H27N3O3S. The molecule has 1 aliphatic rings. The van der Waals surface area contributed by atoms with Gasteiger partial charge in [0.05, 0.1) is 32.2 Å². The van der Waals surface area contributed by atoms with E-state index >= 15 is 0 Å². The molecule has 0 bridgehead atoms. The highest BCUT2D eigenvalue weighted by atomic mass is 32.2. The second-order valence-electron chi connectivity index (χ2n) is 6.92. The summed E-state index contributed by atoms with van der Waals surface area (Å²) in [7, 11) is 3.27. The van der Waals surface area contributed by atoms with Gasteiger partial charge in [-0.3, -0.25) is 9.69 Å². The molecule has 1 saturated heterocycles. The number of carbonyl (C=O) groups excluding carboxylic acids is 1. The third-order valence-corrected chi connectivity index (χ3v) is 6.04. The van der Waals surface area contributed by atoms with Crippen LogP contribution in [0.5, 0.6) is 11.5 Å². The number of carbonyl (C=O) groups is 1. The number of amides is 1.